The lowest BCUT2D eigenvalue weighted by atomic mass is 9.97. The van der Waals surface area contributed by atoms with Crippen molar-refractivity contribution in [2.24, 2.45) is 5.92 Å². The van der Waals surface area contributed by atoms with Gasteiger partial charge in [0.25, 0.3) is 8.53 Å². The predicted octanol–water partition coefficient (Wildman–Crippen LogP) is 4.87. The van der Waals surface area contributed by atoms with Gasteiger partial charge in [0.05, 0.1) is 39.9 Å². The summed E-state index contributed by atoms with van der Waals surface area (Å²) in [5.41, 5.74) is 0. The molecule has 3 rings (SSSR count). The van der Waals surface area contributed by atoms with Gasteiger partial charge in [0.2, 0.25) is 6.54 Å². The van der Waals surface area contributed by atoms with Crippen molar-refractivity contribution >= 4 is 16.1 Å². The van der Waals surface area contributed by atoms with E-state index in [4.69, 9.17) is 38.3 Å². The molecule has 0 aromatic carbocycles. The monoisotopic (exact) mass is 511 g/mol. The van der Waals surface area contributed by atoms with Crippen LogP contribution in [0.15, 0.2) is 0 Å². The van der Waals surface area contributed by atoms with Gasteiger partial charge in [0.1, 0.15) is 6.61 Å². The second kappa shape index (κ2) is 12.7. The van der Waals surface area contributed by atoms with Crippen molar-refractivity contribution in [3.8, 4) is 0 Å². The van der Waals surface area contributed by atoms with Gasteiger partial charge < -0.3 is 32.4 Å². The van der Waals surface area contributed by atoms with E-state index in [1.54, 1.807) is 0 Å². The molecule has 0 aromatic heterocycles. The molecule has 190 valence electrons. The predicted molar refractivity (Wildman–Crippen MR) is 127 cm³/mol. The summed E-state index contributed by atoms with van der Waals surface area (Å²) in [6.45, 7) is 14.4. The maximum absolute atomic E-state index is 13.6. The third-order valence-corrected chi connectivity index (χ3v) is 10.1. The van der Waals surface area contributed by atoms with Crippen LogP contribution < -0.4 is 0 Å². The van der Waals surface area contributed by atoms with Gasteiger partial charge in [-0.15, -0.1) is 0 Å². The van der Waals surface area contributed by atoms with Crippen LogP contribution in [0.25, 0.3) is 4.85 Å². The van der Waals surface area contributed by atoms with Crippen LogP contribution in [0.3, 0.4) is 0 Å². The van der Waals surface area contributed by atoms with E-state index in [0.717, 1.165) is 0 Å². The van der Waals surface area contributed by atoms with Crippen molar-refractivity contribution in [3.63, 3.8) is 0 Å². The SMILES string of the molecule is [2H]C[C@H]1O[C@@H]([3H])C[C@@H]1O[P@@]1(=O)C[C@@H]([C@H]2O[C@@H]([3H])C[C@@H]2OP(OCC[N+]#[C-])N(C(C)C)C(C)C)CCO1. The first-order chi connectivity index (χ1) is 17.1. The first-order valence-electron chi connectivity index (χ1n) is 13.5. The van der Waals surface area contributed by atoms with Gasteiger partial charge in [-0.05, 0) is 47.4 Å². The summed E-state index contributed by atoms with van der Waals surface area (Å²) >= 11 is 0. The third-order valence-electron chi connectivity index (χ3n) is 5.84. The van der Waals surface area contributed by atoms with E-state index < -0.39 is 53.7 Å². The van der Waals surface area contributed by atoms with E-state index in [-0.39, 0.29) is 57.2 Å². The molecule has 1 unspecified atom stereocenters. The lowest BCUT2D eigenvalue weighted by molar-refractivity contribution is -0.00650. The summed E-state index contributed by atoms with van der Waals surface area (Å²) in [5.74, 6) is -0.208. The fourth-order valence-electron chi connectivity index (χ4n) is 4.35. The molecule has 33 heavy (non-hydrogen) atoms. The fourth-order valence-corrected chi connectivity index (χ4v) is 8.32. The quantitative estimate of drug-likeness (QED) is 0.221. The maximum atomic E-state index is 13.6. The van der Waals surface area contributed by atoms with Crippen LogP contribution in [0.5, 0.6) is 0 Å². The summed E-state index contributed by atoms with van der Waals surface area (Å²) in [7, 11) is -5.02. The van der Waals surface area contributed by atoms with Crippen LogP contribution in [0.4, 0.5) is 0 Å². The van der Waals surface area contributed by atoms with Gasteiger partial charge in [-0.1, -0.05) is 0 Å². The second-order valence-electron chi connectivity index (χ2n) is 9.06. The van der Waals surface area contributed by atoms with Crippen molar-refractivity contribution < 1.29 is 36.2 Å². The number of ether oxygens (including phenoxy) is 2. The van der Waals surface area contributed by atoms with Crippen LogP contribution in [0.2, 0.25) is 0 Å². The van der Waals surface area contributed by atoms with Crippen molar-refractivity contribution in [1.82, 2.24) is 4.67 Å². The standard InChI is InChI=1S/C22H40N2O7P2/c1-16(2)24(17(3)4)32(28-14-10-23-6)30-21-9-12-27-22(21)19-7-13-29-33(25,15-19)31-20-8-11-26-18(20)5/h16-22H,7-15H2,1-5H3/t18-,19+,20+,21+,22-,32?,33-/m1/s1/i5D,11T,12T/t11-,12-,18+,19-,20-,21-,22+,32?,33+/m0. The van der Waals surface area contributed by atoms with E-state index in [1.165, 1.54) is 0 Å². The van der Waals surface area contributed by atoms with Gasteiger partial charge in [-0.2, -0.15) is 0 Å². The Bertz CT molecular complexity index is 785. The minimum Gasteiger partial charge on any atom is -0.376 e. The Balaban J connectivity index is 1.72. The largest absolute Gasteiger partial charge is 0.376 e. The molecular weight excluding hydrogens is 466 g/mol. The van der Waals surface area contributed by atoms with Crippen molar-refractivity contribution in [3.05, 3.63) is 11.4 Å². The molecule has 0 spiro atoms. The molecule has 9 atom stereocenters. The number of hydrogen-bond acceptors (Lipinski definition) is 8. The molecule has 11 heteroatoms. The van der Waals surface area contributed by atoms with Crippen LogP contribution in [-0.2, 0) is 32.1 Å². The van der Waals surface area contributed by atoms with E-state index in [1.807, 2.05) is 0 Å². The average Bonchev–Trinajstić information content (AvgIpc) is 3.33. The first kappa shape index (κ1) is 23.3. The van der Waals surface area contributed by atoms with Crippen molar-refractivity contribution in [1.29, 1.82) is 0 Å². The molecule has 0 saturated carbocycles. The Labute approximate surface area is 204 Å². The molecule has 0 aromatic rings. The van der Waals surface area contributed by atoms with Gasteiger partial charge in [-0.3, -0.25) is 4.57 Å². The smallest absolute Gasteiger partial charge is 0.331 e. The first-order valence-corrected chi connectivity index (χ1v) is 14.5. The Morgan fingerprint density at radius 3 is 2.67 bits per heavy atom. The Morgan fingerprint density at radius 1 is 1.24 bits per heavy atom. The van der Waals surface area contributed by atoms with Crippen LogP contribution in [-0.4, -0.2) is 80.3 Å². The third kappa shape index (κ3) is 7.43. The summed E-state index contributed by atoms with van der Waals surface area (Å²) < 4.78 is 74.9. The zero-order valence-corrected chi connectivity index (χ0v) is 21.8. The molecule has 0 aliphatic carbocycles. The Kier molecular flexibility index (Phi) is 8.97. The molecule has 0 N–H and O–H groups in total. The second-order valence-corrected chi connectivity index (χ2v) is 12.5. The highest BCUT2D eigenvalue weighted by atomic mass is 31.2. The average molecular weight is 512 g/mol. The lowest BCUT2D eigenvalue weighted by Crippen LogP contribution is -2.39. The van der Waals surface area contributed by atoms with E-state index >= 15 is 0 Å². The summed E-state index contributed by atoms with van der Waals surface area (Å²) in [6.07, 6.45) is -0.825. The summed E-state index contributed by atoms with van der Waals surface area (Å²) in [6, 6.07) is 0.292. The molecule has 3 heterocycles. The fraction of sp³-hybridized carbons (Fsp3) is 0.955. The highest BCUT2D eigenvalue weighted by Crippen LogP contribution is 2.57. The Hall–Kier alpha value is -0.130. The van der Waals surface area contributed by atoms with Gasteiger partial charge >= 0.3 is 7.60 Å². The minimum atomic E-state index is -3.51. The van der Waals surface area contributed by atoms with E-state index in [2.05, 4.69) is 37.2 Å². The zero-order chi connectivity index (χ0) is 26.5. The van der Waals surface area contributed by atoms with Gasteiger partial charge in [-0.25, -0.2) is 11.2 Å². The molecular formula is C22H40N2O7P2. The van der Waals surface area contributed by atoms with E-state index in [9.17, 15) is 4.57 Å². The highest BCUT2D eigenvalue weighted by Gasteiger charge is 2.46. The molecule has 3 aliphatic rings. The molecule has 3 saturated heterocycles. The molecule has 9 nitrogen and oxygen atoms in total. The number of rotatable bonds is 11. The summed E-state index contributed by atoms with van der Waals surface area (Å²) in [5, 5.41) is 0. The molecule has 0 radical (unpaired) electrons. The van der Waals surface area contributed by atoms with Crippen LogP contribution in [0, 0.1) is 12.5 Å². The number of nitrogens with zero attached hydrogens (tertiary/aromatic N) is 2. The van der Waals surface area contributed by atoms with Crippen LogP contribution in [0.1, 0.15) is 58.0 Å². The zero-order valence-electron chi connectivity index (χ0n) is 23.0. The van der Waals surface area contributed by atoms with Gasteiger partial charge in [0, 0.05) is 39.0 Å². The van der Waals surface area contributed by atoms with Crippen molar-refractivity contribution in [2.45, 2.75) is 90.4 Å². The van der Waals surface area contributed by atoms with E-state index in [0.29, 0.717) is 12.8 Å². The van der Waals surface area contributed by atoms with Crippen LogP contribution >= 0.6 is 16.1 Å². The number of hydrogen-bond donors (Lipinski definition) is 0. The topological polar surface area (TPSA) is 80.1 Å². The maximum Gasteiger partial charge on any atom is 0.331 e. The van der Waals surface area contributed by atoms with Gasteiger partial charge in [0.15, 0.2) is 0 Å². The normalized spacial score (nSPS) is 41.8. The summed E-state index contributed by atoms with van der Waals surface area (Å²) in [4.78, 5) is 3.38. The highest BCUT2D eigenvalue weighted by molar-refractivity contribution is 7.53. The molecule has 3 aliphatic heterocycles. The Morgan fingerprint density at radius 2 is 1.97 bits per heavy atom. The minimum absolute atomic E-state index is 0.0785. The van der Waals surface area contributed by atoms with Crippen molar-refractivity contribution in [2.75, 3.05) is 39.1 Å². The lowest BCUT2D eigenvalue weighted by Gasteiger charge is -2.39. The molecule has 0 amide bonds. The molecule has 3 fully saturated rings. The molecule has 0 bridgehead atoms.